The molecular formula is C12H16BrCl. The SMILES string of the molecule is Cc1ccc(Br)cc1CC(C)(C)CCl. The highest BCUT2D eigenvalue weighted by Crippen LogP contribution is 2.26. The molecule has 0 spiro atoms. The van der Waals surface area contributed by atoms with E-state index in [1.54, 1.807) is 0 Å². The lowest BCUT2D eigenvalue weighted by Gasteiger charge is -2.22. The van der Waals surface area contributed by atoms with E-state index in [4.69, 9.17) is 11.6 Å². The average Bonchev–Trinajstić information content (AvgIpc) is 2.11. The van der Waals surface area contributed by atoms with Gasteiger partial charge in [0.2, 0.25) is 0 Å². The van der Waals surface area contributed by atoms with Crippen molar-refractivity contribution in [1.82, 2.24) is 0 Å². The Labute approximate surface area is 99.8 Å². The van der Waals surface area contributed by atoms with Crippen LogP contribution in [-0.4, -0.2) is 5.88 Å². The zero-order chi connectivity index (χ0) is 10.8. The minimum atomic E-state index is 0.174. The summed E-state index contributed by atoms with van der Waals surface area (Å²) in [5.41, 5.74) is 2.89. The van der Waals surface area contributed by atoms with Crippen LogP contribution in [0.5, 0.6) is 0 Å². The minimum Gasteiger partial charge on any atom is -0.126 e. The highest BCUT2D eigenvalue weighted by molar-refractivity contribution is 9.10. The van der Waals surface area contributed by atoms with Crippen LogP contribution in [0.1, 0.15) is 25.0 Å². The fourth-order valence-electron chi connectivity index (χ4n) is 1.39. The van der Waals surface area contributed by atoms with Crippen molar-refractivity contribution in [2.45, 2.75) is 27.2 Å². The summed E-state index contributed by atoms with van der Waals surface area (Å²) >= 11 is 9.42. The maximum atomic E-state index is 5.92. The van der Waals surface area contributed by atoms with Crippen LogP contribution in [0.4, 0.5) is 0 Å². The van der Waals surface area contributed by atoms with Gasteiger partial charge in [-0.2, -0.15) is 0 Å². The second-order valence-corrected chi connectivity index (χ2v) is 5.73. The third-order valence-corrected chi connectivity index (χ3v) is 3.56. The van der Waals surface area contributed by atoms with Gasteiger partial charge in [-0.3, -0.25) is 0 Å². The number of hydrogen-bond donors (Lipinski definition) is 0. The summed E-state index contributed by atoms with van der Waals surface area (Å²) in [5, 5.41) is 0. The Kier molecular flexibility index (Phi) is 4.03. The molecule has 0 bridgehead atoms. The van der Waals surface area contributed by atoms with Crippen LogP contribution >= 0.6 is 27.5 Å². The standard InChI is InChI=1S/C12H16BrCl/c1-9-4-5-11(13)6-10(9)7-12(2,3)8-14/h4-6H,7-8H2,1-3H3. The molecule has 0 saturated heterocycles. The van der Waals surface area contributed by atoms with Gasteiger partial charge < -0.3 is 0 Å². The Morgan fingerprint density at radius 3 is 2.57 bits per heavy atom. The van der Waals surface area contributed by atoms with E-state index in [1.165, 1.54) is 11.1 Å². The zero-order valence-electron chi connectivity index (χ0n) is 8.90. The molecule has 1 rings (SSSR count). The van der Waals surface area contributed by atoms with Crippen LogP contribution in [0.15, 0.2) is 22.7 Å². The van der Waals surface area contributed by atoms with Crippen LogP contribution < -0.4 is 0 Å². The lowest BCUT2D eigenvalue weighted by Crippen LogP contribution is -2.17. The summed E-state index contributed by atoms with van der Waals surface area (Å²) in [6.45, 7) is 6.53. The van der Waals surface area contributed by atoms with Crippen molar-refractivity contribution < 1.29 is 0 Å². The lowest BCUT2D eigenvalue weighted by molar-refractivity contribution is 0.417. The zero-order valence-corrected chi connectivity index (χ0v) is 11.2. The van der Waals surface area contributed by atoms with Crippen molar-refractivity contribution >= 4 is 27.5 Å². The Balaban J connectivity index is 2.91. The van der Waals surface area contributed by atoms with E-state index in [9.17, 15) is 0 Å². The minimum absolute atomic E-state index is 0.174. The molecule has 78 valence electrons. The van der Waals surface area contributed by atoms with Crippen molar-refractivity contribution in [2.24, 2.45) is 5.41 Å². The second kappa shape index (κ2) is 4.67. The molecular weight excluding hydrogens is 259 g/mol. The predicted molar refractivity (Wildman–Crippen MR) is 67.1 cm³/mol. The smallest absolute Gasteiger partial charge is 0.0277 e. The van der Waals surface area contributed by atoms with Crippen molar-refractivity contribution in [3.05, 3.63) is 33.8 Å². The first kappa shape index (κ1) is 12.1. The second-order valence-electron chi connectivity index (χ2n) is 4.55. The van der Waals surface area contributed by atoms with Crippen LogP contribution in [0.3, 0.4) is 0 Å². The van der Waals surface area contributed by atoms with E-state index in [2.05, 4.69) is 54.9 Å². The van der Waals surface area contributed by atoms with Crippen molar-refractivity contribution in [3.8, 4) is 0 Å². The number of rotatable bonds is 3. The quantitative estimate of drug-likeness (QED) is 0.709. The molecule has 1 aromatic carbocycles. The van der Waals surface area contributed by atoms with Gasteiger partial charge in [-0.05, 0) is 42.0 Å². The molecule has 2 heteroatoms. The average molecular weight is 276 g/mol. The number of hydrogen-bond acceptors (Lipinski definition) is 0. The fourth-order valence-corrected chi connectivity index (χ4v) is 1.90. The fraction of sp³-hybridized carbons (Fsp3) is 0.500. The van der Waals surface area contributed by atoms with Gasteiger partial charge in [0.1, 0.15) is 0 Å². The number of halogens is 2. The first-order chi connectivity index (χ1) is 6.44. The first-order valence-corrected chi connectivity index (χ1v) is 6.08. The normalized spacial score (nSPS) is 11.8. The van der Waals surface area contributed by atoms with Gasteiger partial charge in [-0.25, -0.2) is 0 Å². The van der Waals surface area contributed by atoms with E-state index in [0.717, 1.165) is 10.9 Å². The number of alkyl halides is 1. The molecule has 0 aliphatic rings. The molecule has 0 fully saturated rings. The largest absolute Gasteiger partial charge is 0.126 e. The van der Waals surface area contributed by atoms with Crippen molar-refractivity contribution in [3.63, 3.8) is 0 Å². The summed E-state index contributed by atoms with van der Waals surface area (Å²) in [4.78, 5) is 0. The van der Waals surface area contributed by atoms with E-state index in [1.807, 2.05) is 0 Å². The van der Waals surface area contributed by atoms with Crippen LogP contribution in [0.25, 0.3) is 0 Å². The summed E-state index contributed by atoms with van der Waals surface area (Å²) < 4.78 is 1.14. The molecule has 0 unspecified atom stereocenters. The van der Waals surface area contributed by atoms with Gasteiger partial charge in [0.25, 0.3) is 0 Å². The third-order valence-electron chi connectivity index (χ3n) is 2.34. The van der Waals surface area contributed by atoms with Crippen molar-refractivity contribution in [2.75, 3.05) is 5.88 Å². The molecule has 0 aliphatic carbocycles. The Morgan fingerprint density at radius 1 is 1.36 bits per heavy atom. The van der Waals surface area contributed by atoms with Crippen molar-refractivity contribution in [1.29, 1.82) is 0 Å². The topological polar surface area (TPSA) is 0 Å². The first-order valence-electron chi connectivity index (χ1n) is 4.75. The molecule has 0 atom stereocenters. The van der Waals surface area contributed by atoms with Gasteiger partial charge >= 0.3 is 0 Å². The van der Waals surface area contributed by atoms with Crippen LogP contribution in [0, 0.1) is 12.3 Å². The summed E-state index contributed by atoms with van der Waals surface area (Å²) in [5.74, 6) is 0.693. The van der Waals surface area contributed by atoms with Gasteiger partial charge in [-0.15, -0.1) is 11.6 Å². The molecule has 14 heavy (non-hydrogen) atoms. The van der Waals surface area contributed by atoms with E-state index >= 15 is 0 Å². The van der Waals surface area contributed by atoms with E-state index < -0.39 is 0 Å². The Hall–Kier alpha value is -0.0100. The van der Waals surface area contributed by atoms with E-state index in [0.29, 0.717) is 5.88 Å². The molecule has 0 amide bonds. The van der Waals surface area contributed by atoms with Gasteiger partial charge in [0, 0.05) is 10.4 Å². The predicted octanol–water partition coefficient (Wildman–Crippen LogP) is 4.57. The summed E-state index contributed by atoms with van der Waals surface area (Å²) in [6.07, 6.45) is 1.03. The number of benzene rings is 1. The van der Waals surface area contributed by atoms with Gasteiger partial charge in [-0.1, -0.05) is 35.8 Å². The van der Waals surface area contributed by atoms with E-state index in [-0.39, 0.29) is 5.41 Å². The Bertz CT molecular complexity index is 318. The number of aryl methyl sites for hydroxylation is 1. The highest BCUT2D eigenvalue weighted by Gasteiger charge is 2.18. The third kappa shape index (κ3) is 3.29. The summed E-state index contributed by atoms with van der Waals surface area (Å²) in [7, 11) is 0. The monoisotopic (exact) mass is 274 g/mol. The summed E-state index contributed by atoms with van der Waals surface area (Å²) in [6, 6.07) is 6.40. The molecule has 0 aromatic heterocycles. The van der Waals surface area contributed by atoms with Gasteiger partial charge in [0.05, 0.1) is 0 Å². The molecule has 0 heterocycles. The maximum absolute atomic E-state index is 5.92. The molecule has 0 saturated carbocycles. The highest BCUT2D eigenvalue weighted by atomic mass is 79.9. The van der Waals surface area contributed by atoms with Gasteiger partial charge in [0.15, 0.2) is 0 Å². The van der Waals surface area contributed by atoms with Crippen LogP contribution in [0.2, 0.25) is 0 Å². The van der Waals surface area contributed by atoms with Crippen LogP contribution in [-0.2, 0) is 6.42 Å². The molecule has 0 nitrogen and oxygen atoms in total. The maximum Gasteiger partial charge on any atom is 0.0277 e. The molecule has 0 N–H and O–H groups in total. The molecule has 1 aromatic rings. The Morgan fingerprint density at radius 2 is 2.00 bits per heavy atom. The molecule has 0 aliphatic heterocycles. The lowest BCUT2D eigenvalue weighted by atomic mass is 9.86. The molecule has 0 radical (unpaired) electrons.